The van der Waals surface area contributed by atoms with E-state index in [0.29, 0.717) is 40.2 Å². The Morgan fingerprint density at radius 2 is 1.91 bits per heavy atom. The van der Waals surface area contributed by atoms with E-state index < -0.39 is 0 Å². The molecule has 174 valence electrons. The lowest BCUT2D eigenvalue weighted by atomic mass is 9.91. The summed E-state index contributed by atoms with van der Waals surface area (Å²) in [6.07, 6.45) is 3.34. The molecule has 3 heterocycles. The molecule has 2 unspecified atom stereocenters. The third-order valence-corrected chi connectivity index (χ3v) is 6.80. The third kappa shape index (κ3) is 4.85. The van der Waals surface area contributed by atoms with E-state index in [1.54, 1.807) is 18.2 Å². The van der Waals surface area contributed by atoms with Crippen LogP contribution in [0.25, 0.3) is 4.85 Å². The summed E-state index contributed by atoms with van der Waals surface area (Å²) < 4.78 is 12.3. The number of benzene rings is 2. The highest BCUT2D eigenvalue weighted by atomic mass is 35.5. The Morgan fingerprint density at radius 3 is 2.62 bits per heavy atom. The van der Waals surface area contributed by atoms with Gasteiger partial charge in [-0.15, -0.1) is 0 Å². The van der Waals surface area contributed by atoms with Crippen LogP contribution < -0.4 is 10.1 Å². The number of nitrogens with zero attached hydrogens (tertiary/aromatic N) is 4. The van der Waals surface area contributed by atoms with E-state index in [4.69, 9.17) is 27.6 Å². The van der Waals surface area contributed by atoms with Crippen LogP contribution in [0, 0.1) is 13.5 Å². The fourth-order valence-corrected chi connectivity index (χ4v) is 4.95. The number of halogens is 1. The van der Waals surface area contributed by atoms with Crippen molar-refractivity contribution in [1.82, 2.24) is 14.9 Å². The fourth-order valence-electron chi connectivity index (χ4n) is 4.73. The number of piperidine rings is 1. The molecule has 2 aliphatic heterocycles. The summed E-state index contributed by atoms with van der Waals surface area (Å²) >= 11 is 6.33. The molecule has 0 radical (unpaired) electrons. The molecule has 3 atom stereocenters. The zero-order chi connectivity index (χ0) is 23.5. The van der Waals surface area contributed by atoms with Crippen molar-refractivity contribution in [3.05, 3.63) is 82.4 Å². The predicted octanol–water partition coefficient (Wildman–Crippen LogP) is 5.54. The Hall–Kier alpha value is -3.18. The lowest BCUT2D eigenvalue weighted by Gasteiger charge is -2.48. The molecule has 1 N–H and O–H groups in total. The van der Waals surface area contributed by atoms with Crippen molar-refractivity contribution in [2.75, 3.05) is 18.5 Å². The second-order valence-corrected chi connectivity index (χ2v) is 9.17. The van der Waals surface area contributed by atoms with Crippen LogP contribution in [0.5, 0.6) is 5.88 Å². The van der Waals surface area contributed by atoms with Gasteiger partial charge in [0.2, 0.25) is 5.88 Å². The fraction of sp³-hybridized carbons (Fsp3) is 0.346. The van der Waals surface area contributed by atoms with E-state index in [1.165, 1.54) is 11.9 Å². The average molecular weight is 476 g/mol. The van der Waals surface area contributed by atoms with Crippen LogP contribution in [0.2, 0.25) is 5.02 Å². The van der Waals surface area contributed by atoms with Gasteiger partial charge in [0.25, 0.3) is 0 Å². The molecule has 0 amide bonds. The first-order chi connectivity index (χ1) is 16.6. The summed E-state index contributed by atoms with van der Waals surface area (Å²) in [6, 6.07) is 16.4. The second-order valence-electron chi connectivity index (χ2n) is 8.77. The van der Waals surface area contributed by atoms with Gasteiger partial charge in [-0.1, -0.05) is 48.0 Å². The van der Waals surface area contributed by atoms with E-state index in [2.05, 4.69) is 55.4 Å². The molecular weight excluding hydrogens is 450 g/mol. The van der Waals surface area contributed by atoms with Gasteiger partial charge < -0.3 is 14.8 Å². The van der Waals surface area contributed by atoms with E-state index in [9.17, 15) is 0 Å². The first-order valence-electron chi connectivity index (χ1n) is 11.4. The highest BCUT2D eigenvalue weighted by Crippen LogP contribution is 2.34. The van der Waals surface area contributed by atoms with Crippen LogP contribution in [-0.2, 0) is 11.3 Å². The summed E-state index contributed by atoms with van der Waals surface area (Å²) in [7, 11) is 0. The molecule has 2 fully saturated rings. The number of ether oxygens (including phenoxy) is 2. The summed E-state index contributed by atoms with van der Waals surface area (Å²) in [5.74, 6) is 1.21. The second kappa shape index (κ2) is 9.98. The molecule has 0 saturated carbocycles. The molecule has 5 rings (SSSR count). The van der Waals surface area contributed by atoms with E-state index in [1.807, 2.05) is 6.92 Å². The van der Waals surface area contributed by atoms with Gasteiger partial charge in [0.1, 0.15) is 18.2 Å². The largest absolute Gasteiger partial charge is 0.474 e. The molecule has 8 heteroatoms. The van der Waals surface area contributed by atoms with E-state index >= 15 is 0 Å². The monoisotopic (exact) mass is 475 g/mol. The molecule has 2 saturated heterocycles. The van der Waals surface area contributed by atoms with E-state index in [0.717, 1.165) is 38.2 Å². The van der Waals surface area contributed by atoms with Crippen molar-refractivity contribution in [3.8, 4) is 5.88 Å². The quantitative estimate of drug-likeness (QED) is 0.472. The molecule has 0 aliphatic carbocycles. The van der Waals surface area contributed by atoms with E-state index in [-0.39, 0.29) is 6.10 Å². The zero-order valence-electron chi connectivity index (χ0n) is 18.9. The number of fused-ring (bicyclic) bond motifs is 2. The van der Waals surface area contributed by atoms with Gasteiger partial charge in [-0.05, 0) is 24.6 Å². The number of aromatic nitrogens is 2. The minimum absolute atomic E-state index is 0.0638. The van der Waals surface area contributed by atoms with Gasteiger partial charge in [-0.3, -0.25) is 4.90 Å². The number of hydrogen-bond acceptors (Lipinski definition) is 6. The minimum atomic E-state index is 0.0638. The SMILES string of the molecule is [C-]#[N+]c1ccc(Nc2ncnc(OC3CC4COC[C@@H](C3)N4Cc3ccccc3)c2C)c(Cl)c1. The van der Waals surface area contributed by atoms with Crippen molar-refractivity contribution in [3.63, 3.8) is 0 Å². The predicted molar refractivity (Wildman–Crippen MR) is 132 cm³/mol. The molecular formula is C26H26ClN5O2. The van der Waals surface area contributed by atoms with Gasteiger partial charge in [-0.25, -0.2) is 14.8 Å². The molecule has 7 nitrogen and oxygen atoms in total. The first kappa shape index (κ1) is 22.6. The molecule has 2 bridgehead atoms. The number of morpholine rings is 1. The maximum atomic E-state index is 7.13. The number of nitrogens with one attached hydrogen (secondary N) is 1. The van der Waals surface area contributed by atoms with Gasteiger partial charge in [0, 0.05) is 31.5 Å². The summed E-state index contributed by atoms with van der Waals surface area (Å²) in [6.45, 7) is 11.4. The Labute approximate surface area is 204 Å². The third-order valence-electron chi connectivity index (χ3n) is 6.49. The van der Waals surface area contributed by atoms with Crippen LogP contribution in [-0.4, -0.2) is 46.3 Å². The smallest absolute Gasteiger partial charge is 0.221 e. The average Bonchev–Trinajstić information content (AvgIpc) is 2.84. The number of rotatable bonds is 6. The lowest BCUT2D eigenvalue weighted by molar-refractivity contribution is -0.104. The molecule has 34 heavy (non-hydrogen) atoms. The highest BCUT2D eigenvalue weighted by molar-refractivity contribution is 6.33. The normalized spacial score (nSPS) is 22.1. The van der Waals surface area contributed by atoms with Crippen LogP contribution >= 0.6 is 11.6 Å². The standard InChI is InChI=1S/C26H26ClN5O2/c1-17-25(31-24-9-8-19(28-2)10-23(24)27)29-16-30-26(17)34-22-11-20-14-33-15-21(12-22)32(20)13-18-6-4-3-5-7-18/h3-10,16,20-22H,11-15H2,1H3,(H,29,30,31)/t20-,21?,22?/m1/s1. The highest BCUT2D eigenvalue weighted by Gasteiger charge is 2.40. The van der Waals surface area contributed by atoms with Crippen LogP contribution in [0.3, 0.4) is 0 Å². The molecule has 2 aromatic carbocycles. The number of hydrogen-bond donors (Lipinski definition) is 1. The minimum Gasteiger partial charge on any atom is -0.474 e. The Kier molecular flexibility index (Phi) is 6.63. The van der Waals surface area contributed by atoms with Crippen molar-refractivity contribution >= 4 is 28.8 Å². The summed E-state index contributed by atoms with van der Waals surface area (Å²) in [5.41, 5.74) is 3.32. The van der Waals surface area contributed by atoms with Gasteiger partial charge in [0.05, 0.1) is 36.1 Å². The Morgan fingerprint density at radius 1 is 1.15 bits per heavy atom. The zero-order valence-corrected chi connectivity index (χ0v) is 19.7. The maximum Gasteiger partial charge on any atom is 0.221 e. The van der Waals surface area contributed by atoms with Gasteiger partial charge >= 0.3 is 0 Å². The Balaban J connectivity index is 1.28. The summed E-state index contributed by atoms with van der Waals surface area (Å²) in [4.78, 5) is 14.8. The molecule has 3 aromatic rings. The first-order valence-corrected chi connectivity index (χ1v) is 11.8. The maximum absolute atomic E-state index is 7.13. The molecule has 2 aliphatic rings. The Bertz CT molecular complexity index is 1190. The number of anilines is 2. The van der Waals surface area contributed by atoms with Gasteiger partial charge in [-0.2, -0.15) is 0 Å². The van der Waals surface area contributed by atoms with Gasteiger partial charge in [0.15, 0.2) is 5.69 Å². The van der Waals surface area contributed by atoms with Crippen molar-refractivity contribution < 1.29 is 9.47 Å². The van der Waals surface area contributed by atoms with Crippen molar-refractivity contribution in [2.45, 2.75) is 44.5 Å². The van der Waals surface area contributed by atoms with Crippen molar-refractivity contribution in [1.29, 1.82) is 0 Å². The summed E-state index contributed by atoms with van der Waals surface area (Å²) in [5, 5.41) is 3.71. The van der Waals surface area contributed by atoms with Crippen LogP contribution in [0.4, 0.5) is 17.2 Å². The van der Waals surface area contributed by atoms with Crippen molar-refractivity contribution in [2.24, 2.45) is 0 Å². The van der Waals surface area contributed by atoms with Crippen LogP contribution in [0.1, 0.15) is 24.0 Å². The lowest BCUT2D eigenvalue weighted by Crippen LogP contribution is -2.58. The molecule has 0 spiro atoms. The van der Waals surface area contributed by atoms with Crippen LogP contribution in [0.15, 0.2) is 54.9 Å². The topological polar surface area (TPSA) is 63.9 Å². The molecule has 1 aromatic heterocycles.